The highest BCUT2D eigenvalue weighted by atomic mass is 35.5. The van der Waals surface area contributed by atoms with E-state index in [-0.39, 0.29) is 23.2 Å². The summed E-state index contributed by atoms with van der Waals surface area (Å²) in [6.45, 7) is 1.82. The number of benzene rings is 1. The molecule has 0 saturated carbocycles. The first-order valence-corrected chi connectivity index (χ1v) is 9.22. The van der Waals surface area contributed by atoms with Crippen LogP contribution in [-0.4, -0.2) is 34.1 Å². The van der Waals surface area contributed by atoms with E-state index in [1.54, 1.807) is 24.3 Å². The predicted octanol–water partition coefficient (Wildman–Crippen LogP) is 3.65. The summed E-state index contributed by atoms with van der Waals surface area (Å²) >= 11 is 13.3. The van der Waals surface area contributed by atoms with Crippen LogP contribution in [0.3, 0.4) is 0 Å². The fraction of sp³-hybridized carbons (Fsp3) is 0.250. The lowest BCUT2D eigenvalue weighted by atomic mass is 10.3. The first-order valence-electron chi connectivity index (χ1n) is 7.48. The third kappa shape index (κ3) is 6.19. The van der Waals surface area contributed by atoms with Crippen molar-refractivity contribution in [2.45, 2.75) is 18.5 Å². The standard InChI is InChI=1S/C16H16Cl2N4O2S/c1-2-6-25-16-20-8-12(18)14(22-16)15(24)19-9-13(23)21-11-5-3-4-10(17)7-11/h3-5,7-8H,2,6,9H2,1H3,(H,19,24)(H,21,23). The van der Waals surface area contributed by atoms with E-state index in [1.165, 1.54) is 18.0 Å². The number of thioether (sulfide) groups is 1. The van der Waals surface area contributed by atoms with Gasteiger partial charge in [-0.15, -0.1) is 0 Å². The van der Waals surface area contributed by atoms with E-state index < -0.39 is 5.91 Å². The van der Waals surface area contributed by atoms with Crippen molar-refractivity contribution in [3.05, 3.63) is 46.2 Å². The number of rotatable bonds is 7. The summed E-state index contributed by atoms with van der Waals surface area (Å²) in [5.74, 6) is -0.0848. The van der Waals surface area contributed by atoms with Gasteiger partial charge in [-0.2, -0.15) is 0 Å². The smallest absolute Gasteiger partial charge is 0.272 e. The average Bonchev–Trinajstić information content (AvgIpc) is 2.59. The second-order valence-electron chi connectivity index (χ2n) is 4.94. The molecule has 25 heavy (non-hydrogen) atoms. The molecule has 0 spiro atoms. The van der Waals surface area contributed by atoms with Crippen molar-refractivity contribution >= 4 is 52.5 Å². The molecule has 2 N–H and O–H groups in total. The molecule has 9 heteroatoms. The van der Waals surface area contributed by atoms with Gasteiger partial charge in [0.05, 0.1) is 17.8 Å². The zero-order valence-corrected chi connectivity index (χ0v) is 15.7. The number of anilines is 1. The van der Waals surface area contributed by atoms with Crippen molar-refractivity contribution in [2.75, 3.05) is 17.6 Å². The van der Waals surface area contributed by atoms with Crippen LogP contribution in [-0.2, 0) is 4.79 Å². The van der Waals surface area contributed by atoms with Crippen LogP contribution in [0, 0.1) is 0 Å². The summed E-state index contributed by atoms with van der Waals surface area (Å²) in [4.78, 5) is 32.3. The van der Waals surface area contributed by atoms with Gasteiger partial charge >= 0.3 is 0 Å². The van der Waals surface area contributed by atoms with Crippen LogP contribution in [0.1, 0.15) is 23.8 Å². The number of aromatic nitrogens is 2. The number of nitrogens with one attached hydrogen (secondary N) is 2. The second kappa shape index (κ2) is 9.60. The monoisotopic (exact) mass is 398 g/mol. The Morgan fingerprint density at radius 1 is 1.28 bits per heavy atom. The Bertz CT molecular complexity index is 774. The number of carbonyl (C=O) groups is 2. The third-order valence-electron chi connectivity index (χ3n) is 2.89. The normalized spacial score (nSPS) is 10.4. The van der Waals surface area contributed by atoms with Gasteiger partial charge in [0.2, 0.25) is 5.91 Å². The van der Waals surface area contributed by atoms with Crippen molar-refractivity contribution in [1.29, 1.82) is 0 Å². The fourth-order valence-electron chi connectivity index (χ4n) is 1.79. The Balaban J connectivity index is 1.94. The van der Waals surface area contributed by atoms with E-state index >= 15 is 0 Å². The van der Waals surface area contributed by atoms with Crippen LogP contribution >= 0.6 is 35.0 Å². The molecule has 1 aromatic carbocycles. The number of amides is 2. The minimum atomic E-state index is -0.535. The molecular formula is C16H16Cl2N4O2S. The topological polar surface area (TPSA) is 84.0 Å². The van der Waals surface area contributed by atoms with E-state index in [1.807, 2.05) is 6.92 Å². The molecule has 2 rings (SSSR count). The first-order chi connectivity index (χ1) is 12.0. The summed E-state index contributed by atoms with van der Waals surface area (Å²) in [7, 11) is 0. The van der Waals surface area contributed by atoms with Crippen molar-refractivity contribution in [2.24, 2.45) is 0 Å². The molecule has 1 heterocycles. The van der Waals surface area contributed by atoms with Crippen molar-refractivity contribution in [3.8, 4) is 0 Å². The number of hydrogen-bond donors (Lipinski definition) is 2. The minimum absolute atomic E-state index is 0.0471. The van der Waals surface area contributed by atoms with Gasteiger partial charge in [-0.05, 0) is 24.6 Å². The highest BCUT2D eigenvalue weighted by molar-refractivity contribution is 7.99. The maximum absolute atomic E-state index is 12.2. The highest BCUT2D eigenvalue weighted by Gasteiger charge is 2.15. The zero-order chi connectivity index (χ0) is 18.2. The van der Waals surface area contributed by atoms with Gasteiger partial charge in [0.1, 0.15) is 0 Å². The molecule has 0 fully saturated rings. The highest BCUT2D eigenvalue weighted by Crippen LogP contribution is 2.19. The lowest BCUT2D eigenvalue weighted by Gasteiger charge is -2.08. The lowest BCUT2D eigenvalue weighted by Crippen LogP contribution is -2.33. The molecule has 0 atom stereocenters. The van der Waals surface area contributed by atoms with E-state index in [2.05, 4.69) is 20.6 Å². The van der Waals surface area contributed by atoms with Crippen molar-refractivity contribution in [1.82, 2.24) is 15.3 Å². The molecule has 132 valence electrons. The summed E-state index contributed by atoms with van der Waals surface area (Å²) in [5, 5.41) is 6.24. The molecule has 0 saturated heterocycles. The van der Waals surface area contributed by atoms with Crippen LogP contribution < -0.4 is 10.6 Å². The van der Waals surface area contributed by atoms with Crippen LogP contribution in [0.25, 0.3) is 0 Å². The molecule has 0 unspecified atom stereocenters. The minimum Gasteiger partial charge on any atom is -0.342 e. The second-order valence-corrected chi connectivity index (χ2v) is 6.84. The van der Waals surface area contributed by atoms with Gasteiger partial charge in [0.25, 0.3) is 5.91 Å². The predicted molar refractivity (Wildman–Crippen MR) is 100 cm³/mol. The van der Waals surface area contributed by atoms with Gasteiger partial charge in [-0.25, -0.2) is 9.97 Å². The van der Waals surface area contributed by atoms with Crippen molar-refractivity contribution < 1.29 is 9.59 Å². The van der Waals surface area contributed by atoms with Gasteiger partial charge in [-0.1, -0.05) is 48.0 Å². The summed E-state index contributed by atoms with van der Waals surface area (Å²) in [6, 6.07) is 6.72. The molecule has 0 aliphatic carbocycles. The zero-order valence-electron chi connectivity index (χ0n) is 13.4. The van der Waals surface area contributed by atoms with E-state index in [0.29, 0.717) is 15.9 Å². The molecular weight excluding hydrogens is 383 g/mol. The van der Waals surface area contributed by atoms with Crippen LogP contribution in [0.4, 0.5) is 5.69 Å². The number of hydrogen-bond acceptors (Lipinski definition) is 5. The molecule has 2 aromatic rings. The molecule has 2 amide bonds. The molecule has 0 radical (unpaired) electrons. The summed E-state index contributed by atoms with van der Waals surface area (Å²) < 4.78 is 0. The van der Waals surface area contributed by atoms with E-state index in [9.17, 15) is 9.59 Å². The Morgan fingerprint density at radius 3 is 2.80 bits per heavy atom. The molecule has 0 aliphatic rings. The Kier molecular flexibility index (Phi) is 7.49. The third-order valence-corrected chi connectivity index (χ3v) is 4.47. The van der Waals surface area contributed by atoms with Crippen LogP contribution in [0.5, 0.6) is 0 Å². The van der Waals surface area contributed by atoms with Gasteiger partial charge in [-0.3, -0.25) is 9.59 Å². The Morgan fingerprint density at radius 2 is 2.08 bits per heavy atom. The quantitative estimate of drug-likeness (QED) is 0.549. The maximum atomic E-state index is 12.2. The Labute approximate surface area is 159 Å². The first kappa shape index (κ1) is 19.5. The van der Waals surface area contributed by atoms with Crippen molar-refractivity contribution in [3.63, 3.8) is 0 Å². The van der Waals surface area contributed by atoms with Gasteiger partial charge < -0.3 is 10.6 Å². The summed E-state index contributed by atoms with van der Waals surface area (Å²) in [5.41, 5.74) is 0.593. The molecule has 0 aliphatic heterocycles. The molecule has 0 bridgehead atoms. The summed E-state index contributed by atoms with van der Waals surface area (Å²) in [6.07, 6.45) is 2.34. The SMILES string of the molecule is CCCSc1ncc(Cl)c(C(=O)NCC(=O)Nc2cccc(Cl)c2)n1. The van der Waals surface area contributed by atoms with Gasteiger partial charge in [0, 0.05) is 16.5 Å². The maximum Gasteiger partial charge on any atom is 0.272 e. The lowest BCUT2D eigenvalue weighted by molar-refractivity contribution is -0.115. The number of halogens is 2. The largest absolute Gasteiger partial charge is 0.342 e. The fourth-order valence-corrected chi connectivity index (χ4v) is 2.83. The molecule has 6 nitrogen and oxygen atoms in total. The molecule has 1 aromatic heterocycles. The van der Waals surface area contributed by atoms with E-state index in [4.69, 9.17) is 23.2 Å². The van der Waals surface area contributed by atoms with E-state index in [0.717, 1.165) is 12.2 Å². The Hall–Kier alpha value is -1.83. The van der Waals surface area contributed by atoms with Crippen LogP contribution in [0.2, 0.25) is 10.0 Å². The number of nitrogens with zero attached hydrogens (tertiary/aromatic N) is 2. The average molecular weight is 399 g/mol. The van der Waals surface area contributed by atoms with Gasteiger partial charge in [0.15, 0.2) is 10.9 Å². The van der Waals surface area contributed by atoms with Crippen LogP contribution in [0.15, 0.2) is 35.6 Å². The number of carbonyl (C=O) groups excluding carboxylic acids is 2.